The van der Waals surface area contributed by atoms with Gasteiger partial charge in [0, 0.05) is 26.2 Å². The molecule has 1 fully saturated rings. The molecule has 1 aromatic heterocycles. The Morgan fingerprint density at radius 2 is 1.71 bits per heavy atom. The van der Waals surface area contributed by atoms with E-state index in [0.717, 1.165) is 44.2 Å². The van der Waals surface area contributed by atoms with Gasteiger partial charge >= 0.3 is 0 Å². The number of anilines is 1. The van der Waals surface area contributed by atoms with Gasteiger partial charge in [-0.3, -0.25) is 0 Å². The highest BCUT2D eigenvalue weighted by Crippen LogP contribution is 2.27. The van der Waals surface area contributed by atoms with Crippen LogP contribution in [0.5, 0.6) is 0 Å². The van der Waals surface area contributed by atoms with Gasteiger partial charge in [-0.1, -0.05) is 30.3 Å². The molecule has 0 aliphatic carbocycles. The third-order valence-electron chi connectivity index (χ3n) is 4.93. The van der Waals surface area contributed by atoms with Crippen molar-refractivity contribution in [3.63, 3.8) is 0 Å². The summed E-state index contributed by atoms with van der Waals surface area (Å²) in [4.78, 5) is 7.40. The molecule has 0 bridgehead atoms. The van der Waals surface area contributed by atoms with Crippen LogP contribution in [0.1, 0.15) is 16.7 Å². The van der Waals surface area contributed by atoms with Gasteiger partial charge in [0.1, 0.15) is 0 Å². The van der Waals surface area contributed by atoms with E-state index in [1.807, 2.05) is 0 Å². The number of fused-ring (bicyclic) bond motifs is 1. The fourth-order valence-electron chi connectivity index (χ4n) is 3.40. The molecule has 4 nitrogen and oxygen atoms in total. The molecule has 1 aliphatic heterocycles. The molecule has 0 radical (unpaired) electrons. The van der Waals surface area contributed by atoms with Gasteiger partial charge in [-0.15, -0.1) is 0 Å². The van der Waals surface area contributed by atoms with Crippen molar-refractivity contribution in [1.82, 2.24) is 14.9 Å². The lowest BCUT2D eigenvalue weighted by molar-refractivity contribution is 0.571. The van der Waals surface area contributed by atoms with Gasteiger partial charge in [-0.2, -0.15) is 0 Å². The standard InChI is InChI=1S/C20H24N4/c1-15-12-18-19(13-16(15)2)24(14-17-6-4-3-5-7-17)20(22-18)23-10-8-21-9-11-23/h3-7,12-13,21H,8-11,14H2,1-2H3. The number of imidazole rings is 1. The number of aryl methyl sites for hydroxylation is 2. The molecule has 3 aromatic rings. The van der Waals surface area contributed by atoms with Crippen molar-refractivity contribution in [1.29, 1.82) is 0 Å². The first-order chi connectivity index (χ1) is 11.7. The number of nitrogens with zero attached hydrogens (tertiary/aromatic N) is 3. The van der Waals surface area contributed by atoms with Gasteiger partial charge in [0.25, 0.3) is 0 Å². The van der Waals surface area contributed by atoms with Crippen LogP contribution in [0.15, 0.2) is 42.5 Å². The summed E-state index contributed by atoms with van der Waals surface area (Å²) in [6, 6.07) is 15.2. The van der Waals surface area contributed by atoms with Crippen LogP contribution in [-0.4, -0.2) is 35.7 Å². The molecule has 2 aromatic carbocycles. The minimum absolute atomic E-state index is 0.860. The van der Waals surface area contributed by atoms with Gasteiger partial charge in [0.15, 0.2) is 0 Å². The van der Waals surface area contributed by atoms with Crippen LogP contribution in [0.25, 0.3) is 11.0 Å². The Labute approximate surface area is 143 Å². The maximum Gasteiger partial charge on any atom is 0.206 e. The fraction of sp³-hybridized carbons (Fsp3) is 0.350. The minimum atomic E-state index is 0.860. The molecule has 0 spiro atoms. The van der Waals surface area contributed by atoms with Crippen LogP contribution in [0.4, 0.5) is 5.95 Å². The number of benzene rings is 2. The monoisotopic (exact) mass is 320 g/mol. The van der Waals surface area contributed by atoms with E-state index in [1.165, 1.54) is 22.2 Å². The first-order valence-corrected chi connectivity index (χ1v) is 8.69. The third kappa shape index (κ3) is 2.78. The highest BCUT2D eigenvalue weighted by molar-refractivity contribution is 5.81. The summed E-state index contributed by atoms with van der Waals surface area (Å²) >= 11 is 0. The molecule has 1 saturated heterocycles. The fourth-order valence-corrected chi connectivity index (χ4v) is 3.40. The minimum Gasteiger partial charge on any atom is -0.340 e. The summed E-state index contributed by atoms with van der Waals surface area (Å²) in [6.07, 6.45) is 0. The second-order valence-corrected chi connectivity index (χ2v) is 6.65. The zero-order chi connectivity index (χ0) is 16.5. The summed E-state index contributed by atoms with van der Waals surface area (Å²) in [6.45, 7) is 9.26. The first kappa shape index (κ1) is 15.2. The average molecular weight is 320 g/mol. The first-order valence-electron chi connectivity index (χ1n) is 8.69. The van der Waals surface area contributed by atoms with Crippen LogP contribution in [0.3, 0.4) is 0 Å². The van der Waals surface area contributed by atoms with Crippen molar-refractivity contribution in [2.75, 3.05) is 31.1 Å². The lowest BCUT2D eigenvalue weighted by Gasteiger charge is -2.29. The zero-order valence-corrected chi connectivity index (χ0v) is 14.4. The smallest absolute Gasteiger partial charge is 0.206 e. The summed E-state index contributed by atoms with van der Waals surface area (Å²) in [7, 11) is 0. The van der Waals surface area contributed by atoms with E-state index in [0.29, 0.717) is 0 Å². The van der Waals surface area contributed by atoms with Crippen molar-refractivity contribution < 1.29 is 0 Å². The molecule has 0 atom stereocenters. The molecular formula is C20H24N4. The predicted molar refractivity (Wildman–Crippen MR) is 99.8 cm³/mol. The predicted octanol–water partition coefficient (Wildman–Crippen LogP) is 3.11. The van der Waals surface area contributed by atoms with Crippen molar-refractivity contribution in [2.45, 2.75) is 20.4 Å². The van der Waals surface area contributed by atoms with Crippen LogP contribution in [0.2, 0.25) is 0 Å². The normalized spacial score (nSPS) is 15.2. The summed E-state index contributed by atoms with van der Waals surface area (Å²) in [5.74, 6) is 1.10. The molecule has 4 heteroatoms. The molecule has 4 rings (SSSR count). The van der Waals surface area contributed by atoms with Gasteiger partial charge in [-0.05, 0) is 42.7 Å². The number of rotatable bonds is 3. The number of piperazine rings is 1. The molecule has 1 N–H and O–H groups in total. The molecular weight excluding hydrogens is 296 g/mol. The number of hydrogen-bond donors (Lipinski definition) is 1. The van der Waals surface area contributed by atoms with E-state index in [1.54, 1.807) is 0 Å². The Balaban J connectivity index is 1.84. The van der Waals surface area contributed by atoms with E-state index in [9.17, 15) is 0 Å². The Kier molecular flexibility index (Phi) is 3.98. The van der Waals surface area contributed by atoms with Crippen molar-refractivity contribution in [3.05, 3.63) is 59.2 Å². The molecule has 0 unspecified atom stereocenters. The Hall–Kier alpha value is -2.33. The molecule has 0 saturated carbocycles. The number of aromatic nitrogens is 2. The van der Waals surface area contributed by atoms with E-state index in [4.69, 9.17) is 4.98 Å². The van der Waals surface area contributed by atoms with Crippen molar-refractivity contribution >= 4 is 17.0 Å². The lowest BCUT2D eigenvalue weighted by atomic mass is 10.1. The molecule has 24 heavy (non-hydrogen) atoms. The van der Waals surface area contributed by atoms with Crippen LogP contribution in [-0.2, 0) is 6.54 Å². The molecule has 0 amide bonds. The highest BCUT2D eigenvalue weighted by Gasteiger charge is 2.19. The van der Waals surface area contributed by atoms with Crippen molar-refractivity contribution in [2.24, 2.45) is 0 Å². The average Bonchev–Trinajstić information content (AvgIpc) is 2.95. The number of hydrogen-bond acceptors (Lipinski definition) is 3. The SMILES string of the molecule is Cc1cc2nc(N3CCNCC3)n(Cc3ccccc3)c2cc1C. The van der Waals surface area contributed by atoms with E-state index >= 15 is 0 Å². The third-order valence-corrected chi connectivity index (χ3v) is 4.93. The van der Waals surface area contributed by atoms with Gasteiger partial charge < -0.3 is 14.8 Å². The van der Waals surface area contributed by atoms with Gasteiger partial charge in [0.05, 0.1) is 17.6 Å². The quantitative estimate of drug-likeness (QED) is 0.805. The largest absolute Gasteiger partial charge is 0.340 e. The van der Waals surface area contributed by atoms with E-state index in [-0.39, 0.29) is 0 Å². The van der Waals surface area contributed by atoms with Crippen molar-refractivity contribution in [3.8, 4) is 0 Å². The van der Waals surface area contributed by atoms with Gasteiger partial charge in [-0.25, -0.2) is 4.98 Å². The topological polar surface area (TPSA) is 33.1 Å². The van der Waals surface area contributed by atoms with E-state index in [2.05, 4.69) is 71.1 Å². The van der Waals surface area contributed by atoms with Crippen LogP contribution >= 0.6 is 0 Å². The van der Waals surface area contributed by atoms with E-state index < -0.39 is 0 Å². The maximum atomic E-state index is 5.00. The second kappa shape index (κ2) is 6.29. The summed E-state index contributed by atoms with van der Waals surface area (Å²) in [5, 5.41) is 3.43. The number of nitrogens with one attached hydrogen (secondary N) is 1. The molecule has 1 aliphatic rings. The molecule has 2 heterocycles. The summed E-state index contributed by atoms with van der Waals surface area (Å²) < 4.78 is 2.38. The summed E-state index contributed by atoms with van der Waals surface area (Å²) in [5.41, 5.74) is 6.27. The Morgan fingerprint density at radius 3 is 2.46 bits per heavy atom. The Bertz CT molecular complexity index is 845. The molecule has 124 valence electrons. The zero-order valence-electron chi connectivity index (χ0n) is 14.4. The maximum absolute atomic E-state index is 5.00. The Morgan fingerprint density at radius 1 is 1.00 bits per heavy atom. The lowest BCUT2D eigenvalue weighted by Crippen LogP contribution is -2.44. The highest BCUT2D eigenvalue weighted by atomic mass is 15.3. The van der Waals surface area contributed by atoms with Gasteiger partial charge in [0.2, 0.25) is 5.95 Å². The second-order valence-electron chi connectivity index (χ2n) is 6.65. The van der Waals surface area contributed by atoms with Crippen LogP contribution < -0.4 is 10.2 Å². The van der Waals surface area contributed by atoms with Crippen LogP contribution in [0, 0.1) is 13.8 Å².